The van der Waals surface area contributed by atoms with Crippen LogP contribution in [-0.4, -0.2) is 41.0 Å². The van der Waals surface area contributed by atoms with Crippen LogP contribution in [0.3, 0.4) is 0 Å². The number of hydrogen-bond donors (Lipinski definition) is 1. The average Bonchev–Trinajstić information content (AvgIpc) is 2.48. The minimum absolute atomic E-state index is 0.0138. The van der Waals surface area contributed by atoms with E-state index in [1.807, 2.05) is 12.1 Å². The van der Waals surface area contributed by atoms with Gasteiger partial charge >= 0.3 is 0 Å². The van der Waals surface area contributed by atoms with Gasteiger partial charge in [0, 0.05) is 18.1 Å². The third-order valence-electron chi connectivity index (χ3n) is 3.96. The molecule has 0 radical (unpaired) electrons. The van der Waals surface area contributed by atoms with Gasteiger partial charge in [-0.1, -0.05) is 0 Å². The van der Waals surface area contributed by atoms with E-state index >= 15 is 0 Å². The largest absolute Gasteiger partial charge is 0.497 e. The first kappa shape index (κ1) is 14.2. The van der Waals surface area contributed by atoms with Gasteiger partial charge in [0.1, 0.15) is 11.5 Å². The third-order valence-corrected chi connectivity index (χ3v) is 3.96. The maximum Gasteiger partial charge on any atom is 0.122 e. The molecule has 0 saturated carbocycles. The smallest absolute Gasteiger partial charge is 0.122 e. The van der Waals surface area contributed by atoms with Crippen molar-refractivity contribution in [2.24, 2.45) is 0 Å². The van der Waals surface area contributed by atoms with Crippen LogP contribution in [0.15, 0.2) is 18.2 Å². The molecule has 1 fully saturated rings. The zero-order chi connectivity index (χ0) is 13.7. The molecule has 1 aliphatic rings. The van der Waals surface area contributed by atoms with Crippen LogP contribution in [-0.2, 0) is 10.2 Å². The minimum atomic E-state index is 0.0138. The summed E-state index contributed by atoms with van der Waals surface area (Å²) in [5.41, 5.74) is 1.21. The Balaban J connectivity index is 2.44. The van der Waals surface area contributed by atoms with Crippen LogP contribution in [0.2, 0.25) is 0 Å². The topological polar surface area (TPSA) is 39.7 Å². The van der Waals surface area contributed by atoms with Gasteiger partial charge in [0.25, 0.3) is 0 Å². The zero-order valence-corrected chi connectivity index (χ0v) is 12.0. The Morgan fingerprint density at radius 1 is 1.11 bits per heavy atom. The Hall–Kier alpha value is -1.26. The molecule has 1 aromatic rings. The highest BCUT2D eigenvalue weighted by molar-refractivity contribution is 5.45. The predicted molar refractivity (Wildman–Crippen MR) is 75.2 cm³/mol. The fraction of sp³-hybridized carbons (Fsp3) is 0.600. The highest BCUT2D eigenvalue weighted by Gasteiger charge is 2.36. The Bertz CT molecular complexity index is 408. The predicted octanol–water partition coefficient (Wildman–Crippen LogP) is 1.97. The van der Waals surface area contributed by atoms with Crippen LogP contribution in [0.4, 0.5) is 0 Å². The zero-order valence-electron chi connectivity index (χ0n) is 12.0. The van der Waals surface area contributed by atoms with Crippen molar-refractivity contribution in [3.63, 3.8) is 0 Å². The van der Waals surface area contributed by atoms with Crippen LogP contribution in [0.1, 0.15) is 18.4 Å². The molecule has 4 heteroatoms. The number of rotatable bonds is 5. The second-order valence-electron chi connectivity index (χ2n) is 5.03. The van der Waals surface area contributed by atoms with Gasteiger partial charge in [0.15, 0.2) is 0 Å². The Morgan fingerprint density at radius 3 is 2.42 bits per heavy atom. The number of methoxy groups -OCH3 is 3. The Morgan fingerprint density at radius 2 is 1.84 bits per heavy atom. The molecule has 4 nitrogen and oxygen atoms in total. The van der Waals surface area contributed by atoms with Gasteiger partial charge in [-0.2, -0.15) is 0 Å². The first-order valence-electron chi connectivity index (χ1n) is 6.68. The van der Waals surface area contributed by atoms with Gasteiger partial charge in [-0.3, -0.25) is 0 Å². The summed E-state index contributed by atoms with van der Waals surface area (Å²) in [5.74, 6) is 1.78. The van der Waals surface area contributed by atoms with E-state index in [0.717, 1.165) is 37.4 Å². The minimum Gasteiger partial charge on any atom is -0.497 e. The molecule has 19 heavy (non-hydrogen) atoms. The van der Waals surface area contributed by atoms with Crippen LogP contribution in [0, 0.1) is 0 Å². The molecule has 2 rings (SSSR count). The summed E-state index contributed by atoms with van der Waals surface area (Å²) in [4.78, 5) is 0. The fourth-order valence-electron chi connectivity index (χ4n) is 2.90. The van der Waals surface area contributed by atoms with Crippen molar-refractivity contribution in [1.29, 1.82) is 0 Å². The molecule has 1 saturated heterocycles. The van der Waals surface area contributed by atoms with Crippen molar-refractivity contribution in [3.8, 4) is 11.5 Å². The lowest BCUT2D eigenvalue weighted by molar-refractivity contribution is 0.106. The van der Waals surface area contributed by atoms with Crippen LogP contribution in [0.5, 0.6) is 11.5 Å². The molecule has 0 unspecified atom stereocenters. The maximum atomic E-state index is 5.54. The summed E-state index contributed by atoms with van der Waals surface area (Å²) in [6, 6.07) is 6.00. The van der Waals surface area contributed by atoms with E-state index in [0.29, 0.717) is 6.61 Å². The number of hydrogen-bond acceptors (Lipinski definition) is 4. The summed E-state index contributed by atoms with van der Waals surface area (Å²) in [7, 11) is 5.17. The van der Waals surface area contributed by atoms with Gasteiger partial charge in [0.2, 0.25) is 0 Å². The second kappa shape index (κ2) is 6.26. The Labute approximate surface area is 115 Å². The van der Waals surface area contributed by atoms with Crippen molar-refractivity contribution in [1.82, 2.24) is 5.32 Å². The van der Waals surface area contributed by atoms with E-state index < -0.39 is 0 Å². The van der Waals surface area contributed by atoms with Crippen molar-refractivity contribution >= 4 is 0 Å². The number of piperidine rings is 1. The molecule has 106 valence electrons. The lowest BCUT2D eigenvalue weighted by Gasteiger charge is -2.38. The first-order chi connectivity index (χ1) is 9.25. The van der Waals surface area contributed by atoms with Crippen molar-refractivity contribution in [2.45, 2.75) is 18.3 Å². The van der Waals surface area contributed by atoms with Gasteiger partial charge in [-0.25, -0.2) is 0 Å². The summed E-state index contributed by atoms with van der Waals surface area (Å²) >= 11 is 0. The maximum absolute atomic E-state index is 5.54. The standard InChI is InChI=1S/C15H23NO3/c1-17-11-15(6-8-16-9-7-15)13-10-12(18-2)4-5-14(13)19-3/h4-5,10,16H,6-9,11H2,1-3H3. The molecule has 1 heterocycles. The van der Waals surface area contributed by atoms with Gasteiger partial charge < -0.3 is 19.5 Å². The summed E-state index contributed by atoms with van der Waals surface area (Å²) < 4.78 is 16.4. The highest BCUT2D eigenvalue weighted by atomic mass is 16.5. The number of benzene rings is 1. The van der Waals surface area contributed by atoms with Gasteiger partial charge in [-0.05, 0) is 44.1 Å². The third kappa shape index (κ3) is 2.85. The van der Waals surface area contributed by atoms with Crippen LogP contribution < -0.4 is 14.8 Å². The average molecular weight is 265 g/mol. The SMILES string of the molecule is COCC1(c2cc(OC)ccc2OC)CCNCC1. The summed E-state index contributed by atoms with van der Waals surface area (Å²) in [6.45, 7) is 2.71. The van der Waals surface area contributed by atoms with Crippen molar-refractivity contribution in [2.75, 3.05) is 41.0 Å². The van der Waals surface area contributed by atoms with Crippen LogP contribution >= 0.6 is 0 Å². The highest BCUT2D eigenvalue weighted by Crippen LogP contribution is 2.40. The molecule has 0 bridgehead atoms. The molecule has 0 spiro atoms. The first-order valence-corrected chi connectivity index (χ1v) is 6.68. The molecule has 0 aromatic heterocycles. The lowest BCUT2D eigenvalue weighted by Crippen LogP contribution is -2.43. The number of ether oxygens (including phenoxy) is 3. The van der Waals surface area contributed by atoms with E-state index in [1.54, 1.807) is 21.3 Å². The van der Waals surface area contributed by atoms with E-state index in [-0.39, 0.29) is 5.41 Å². The van der Waals surface area contributed by atoms with Crippen molar-refractivity contribution in [3.05, 3.63) is 23.8 Å². The molecule has 0 atom stereocenters. The quantitative estimate of drug-likeness (QED) is 0.883. The summed E-state index contributed by atoms with van der Waals surface area (Å²) in [5, 5.41) is 3.41. The van der Waals surface area contributed by atoms with E-state index in [9.17, 15) is 0 Å². The van der Waals surface area contributed by atoms with E-state index in [1.165, 1.54) is 5.56 Å². The van der Waals surface area contributed by atoms with Crippen molar-refractivity contribution < 1.29 is 14.2 Å². The van der Waals surface area contributed by atoms with E-state index in [4.69, 9.17) is 14.2 Å². The molecule has 0 aliphatic carbocycles. The fourth-order valence-corrected chi connectivity index (χ4v) is 2.90. The van der Waals surface area contributed by atoms with Gasteiger partial charge in [-0.15, -0.1) is 0 Å². The molecule has 1 aliphatic heterocycles. The monoisotopic (exact) mass is 265 g/mol. The molecule has 1 N–H and O–H groups in total. The van der Waals surface area contributed by atoms with Crippen LogP contribution in [0.25, 0.3) is 0 Å². The normalized spacial score (nSPS) is 18.1. The molecular formula is C15H23NO3. The molecular weight excluding hydrogens is 242 g/mol. The number of nitrogens with one attached hydrogen (secondary N) is 1. The summed E-state index contributed by atoms with van der Waals surface area (Å²) in [6.07, 6.45) is 2.09. The molecule has 1 aromatic carbocycles. The van der Waals surface area contributed by atoms with Gasteiger partial charge in [0.05, 0.1) is 20.8 Å². The second-order valence-corrected chi connectivity index (χ2v) is 5.03. The molecule has 0 amide bonds. The van der Waals surface area contributed by atoms with E-state index in [2.05, 4.69) is 11.4 Å². The Kier molecular flexibility index (Phi) is 4.66. The lowest BCUT2D eigenvalue weighted by atomic mass is 9.73.